The van der Waals surface area contributed by atoms with Crippen LogP contribution in [-0.4, -0.2) is 35.1 Å². The molecule has 4 nitrogen and oxygen atoms in total. The van der Waals surface area contributed by atoms with Crippen LogP contribution in [0.5, 0.6) is 0 Å². The predicted octanol–water partition coefficient (Wildman–Crippen LogP) is -0.168. The molecule has 4 heteroatoms. The largest absolute Gasteiger partial charge is 0.402 e. The molecular formula is C9H16N2O2. The number of aliphatic hydroxyl groups excluding tert-OH is 1. The number of nitrogens with zero attached hydrogens (tertiary/aromatic N) is 1. The Labute approximate surface area is 78.0 Å². The highest BCUT2D eigenvalue weighted by atomic mass is 16.3. The van der Waals surface area contributed by atoms with E-state index < -0.39 is 0 Å². The summed E-state index contributed by atoms with van der Waals surface area (Å²) in [6.07, 6.45) is 2.68. The van der Waals surface area contributed by atoms with Crippen LogP contribution in [0.15, 0.2) is 11.8 Å². The molecule has 13 heavy (non-hydrogen) atoms. The molecule has 1 atom stereocenters. The molecule has 0 spiro atoms. The van der Waals surface area contributed by atoms with Gasteiger partial charge < -0.3 is 15.7 Å². The van der Waals surface area contributed by atoms with E-state index in [-0.39, 0.29) is 12.0 Å². The number of piperidine rings is 1. The van der Waals surface area contributed by atoms with Gasteiger partial charge in [-0.1, -0.05) is 0 Å². The summed E-state index contributed by atoms with van der Waals surface area (Å²) in [6.45, 7) is 2.83. The summed E-state index contributed by atoms with van der Waals surface area (Å²) in [6, 6.07) is 0. The maximum absolute atomic E-state index is 11.4. The SMILES string of the molecule is C/C(N)=C/C(=O)N1CCCC(O)C1. The molecule has 1 aliphatic rings. The Bertz CT molecular complexity index is 222. The number of nitrogens with two attached hydrogens (primary N) is 1. The lowest BCUT2D eigenvalue weighted by Crippen LogP contribution is -2.41. The molecule has 0 bridgehead atoms. The Morgan fingerprint density at radius 1 is 1.69 bits per heavy atom. The van der Waals surface area contributed by atoms with Gasteiger partial charge in [0.2, 0.25) is 5.91 Å². The second kappa shape index (κ2) is 4.28. The molecular weight excluding hydrogens is 168 g/mol. The number of β-amino-alcohol motifs (C(OH)–C–C–N with tert-alkyl or cyclic N) is 1. The van der Waals surface area contributed by atoms with Crippen molar-refractivity contribution in [3.05, 3.63) is 11.8 Å². The predicted molar refractivity (Wildman–Crippen MR) is 49.8 cm³/mol. The summed E-state index contributed by atoms with van der Waals surface area (Å²) >= 11 is 0. The standard InChI is InChI=1S/C9H16N2O2/c1-7(10)5-9(13)11-4-2-3-8(12)6-11/h5,8,12H,2-4,6,10H2,1H3/b7-5-. The minimum atomic E-state index is -0.371. The van der Waals surface area contributed by atoms with E-state index in [4.69, 9.17) is 5.73 Å². The normalized spacial score (nSPS) is 24.6. The lowest BCUT2D eigenvalue weighted by Gasteiger charge is -2.29. The highest BCUT2D eigenvalue weighted by Crippen LogP contribution is 2.10. The molecule has 74 valence electrons. The van der Waals surface area contributed by atoms with Gasteiger partial charge in [0.1, 0.15) is 0 Å². The van der Waals surface area contributed by atoms with Crippen molar-refractivity contribution >= 4 is 5.91 Å². The molecule has 1 heterocycles. The van der Waals surface area contributed by atoms with E-state index in [1.54, 1.807) is 11.8 Å². The van der Waals surface area contributed by atoms with Crippen molar-refractivity contribution in [3.8, 4) is 0 Å². The van der Waals surface area contributed by atoms with Crippen LogP contribution in [0.1, 0.15) is 19.8 Å². The van der Waals surface area contributed by atoms with E-state index in [9.17, 15) is 9.90 Å². The summed E-state index contributed by atoms with van der Waals surface area (Å²) < 4.78 is 0. The first-order valence-corrected chi connectivity index (χ1v) is 4.50. The maximum Gasteiger partial charge on any atom is 0.248 e. The average Bonchev–Trinajstić information content (AvgIpc) is 2.03. The van der Waals surface area contributed by atoms with Gasteiger partial charge in [0.25, 0.3) is 0 Å². The Balaban J connectivity index is 2.51. The third kappa shape index (κ3) is 3.06. The molecule has 0 aromatic rings. The smallest absolute Gasteiger partial charge is 0.248 e. The summed E-state index contributed by atoms with van der Waals surface area (Å²) in [5, 5.41) is 9.32. The Morgan fingerprint density at radius 2 is 2.38 bits per heavy atom. The summed E-state index contributed by atoms with van der Waals surface area (Å²) in [4.78, 5) is 13.0. The molecule has 1 rings (SSSR count). The monoisotopic (exact) mass is 184 g/mol. The highest BCUT2D eigenvalue weighted by molar-refractivity contribution is 5.88. The van der Waals surface area contributed by atoms with Gasteiger partial charge in [-0.15, -0.1) is 0 Å². The zero-order valence-corrected chi connectivity index (χ0v) is 7.86. The molecule has 0 aromatic heterocycles. The first-order chi connectivity index (χ1) is 6.09. The molecule has 1 amide bonds. The van der Waals surface area contributed by atoms with Crippen molar-refractivity contribution in [3.63, 3.8) is 0 Å². The number of rotatable bonds is 1. The number of amides is 1. The average molecular weight is 184 g/mol. The summed E-state index contributed by atoms with van der Waals surface area (Å²) in [5.74, 6) is -0.0984. The number of allylic oxidation sites excluding steroid dienone is 1. The number of carbonyl (C=O) groups excluding carboxylic acids is 1. The molecule has 1 fully saturated rings. The molecule has 3 N–H and O–H groups in total. The van der Waals surface area contributed by atoms with Crippen LogP contribution >= 0.6 is 0 Å². The van der Waals surface area contributed by atoms with Crippen molar-refractivity contribution in [2.75, 3.05) is 13.1 Å². The van der Waals surface area contributed by atoms with E-state index in [2.05, 4.69) is 0 Å². The van der Waals surface area contributed by atoms with Gasteiger partial charge in [0, 0.05) is 24.9 Å². The van der Waals surface area contributed by atoms with Gasteiger partial charge >= 0.3 is 0 Å². The highest BCUT2D eigenvalue weighted by Gasteiger charge is 2.20. The van der Waals surface area contributed by atoms with Crippen LogP contribution in [0.2, 0.25) is 0 Å². The van der Waals surface area contributed by atoms with Gasteiger partial charge in [0.15, 0.2) is 0 Å². The minimum absolute atomic E-state index is 0.0984. The van der Waals surface area contributed by atoms with Crippen molar-refractivity contribution in [2.24, 2.45) is 5.73 Å². The van der Waals surface area contributed by atoms with E-state index >= 15 is 0 Å². The van der Waals surface area contributed by atoms with Gasteiger partial charge in [-0.2, -0.15) is 0 Å². The molecule has 1 unspecified atom stereocenters. The van der Waals surface area contributed by atoms with Crippen LogP contribution in [0, 0.1) is 0 Å². The van der Waals surface area contributed by atoms with Crippen LogP contribution in [0.25, 0.3) is 0 Å². The molecule has 0 aliphatic carbocycles. The fourth-order valence-corrected chi connectivity index (χ4v) is 1.44. The van der Waals surface area contributed by atoms with Gasteiger partial charge in [-0.3, -0.25) is 4.79 Å². The fraction of sp³-hybridized carbons (Fsp3) is 0.667. The van der Waals surface area contributed by atoms with Crippen LogP contribution in [-0.2, 0) is 4.79 Å². The Kier molecular flexibility index (Phi) is 3.31. The fourth-order valence-electron chi connectivity index (χ4n) is 1.44. The van der Waals surface area contributed by atoms with E-state index in [0.29, 0.717) is 12.2 Å². The summed E-state index contributed by atoms with van der Waals surface area (Å²) in [5.41, 5.74) is 5.89. The van der Waals surface area contributed by atoms with Crippen LogP contribution in [0.3, 0.4) is 0 Å². The van der Waals surface area contributed by atoms with Crippen molar-refractivity contribution in [2.45, 2.75) is 25.9 Å². The number of hydrogen-bond donors (Lipinski definition) is 2. The van der Waals surface area contributed by atoms with Gasteiger partial charge in [-0.05, 0) is 19.8 Å². The molecule has 0 radical (unpaired) electrons. The van der Waals surface area contributed by atoms with Gasteiger partial charge in [-0.25, -0.2) is 0 Å². The van der Waals surface area contributed by atoms with Crippen LogP contribution in [0.4, 0.5) is 0 Å². The number of likely N-dealkylation sites (tertiary alicyclic amines) is 1. The topological polar surface area (TPSA) is 66.6 Å². The maximum atomic E-state index is 11.4. The molecule has 0 aromatic carbocycles. The first kappa shape index (κ1) is 10.1. The Hall–Kier alpha value is -1.03. The van der Waals surface area contributed by atoms with Crippen molar-refractivity contribution in [1.29, 1.82) is 0 Å². The zero-order valence-electron chi connectivity index (χ0n) is 7.86. The third-order valence-electron chi connectivity index (χ3n) is 2.06. The number of aliphatic hydroxyl groups is 1. The Morgan fingerprint density at radius 3 is 2.92 bits per heavy atom. The molecule has 1 aliphatic heterocycles. The molecule has 1 saturated heterocycles. The quantitative estimate of drug-likeness (QED) is 0.556. The van der Waals surface area contributed by atoms with E-state index in [0.717, 1.165) is 19.4 Å². The van der Waals surface area contributed by atoms with Crippen molar-refractivity contribution in [1.82, 2.24) is 4.90 Å². The van der Waals surface area contributed by atoms with E-state index in [1.807, 2.05) is 0 Å². The summed E-state index contributed by atoms with van der Waals surface area (Å²) in [7, 11) is 0. The number of carbonyl (C=O) groups is 1. The third-order valence-corrected chi connectivity index (χ3v) is 2.06. The second-order valence-electron chi connectivity index (χ2n) is 3.47. The molecule has 0 saturated carbocycles. The lowest BCUT2D eigenvalue weighted by molar-refractivity contribution is -0.129. The lowest BCUT2D eigenvalue weighted by atomic mass is 10.1. The van der Waals surface area contributed by atoms with Gasteiger partial charge in [0.05, 0.1) is 6.10 Å². The van der Waals surface area contributed by atoms with Crippen molar-refractivity contribution < 1.29 is 9.90 Å². The van der Waals surface area contributed by atoms with Crippen LogP contribution < -0.4 is 5.73 Å². The second-order valence-corrected chi connectivity index (χ2v) is 3.47. The zero-order chi connectivity index (χ0) is 9.84. The van der Waals surface area contributed by atoms with E-state index in [1.165, 1.54) is 6.08 Å². The number of hydrogen-bond acceptors (Lipinski definition) is 3. The first-order valence-electron chi connectivity index (χ1n) is 4.50. The minimum Gasteiger partial charge on any atom is -0.402 e.